The lowest BCUT2D eigenvalue weighted by atomic mass is 9.93. The zero-order valence-corrected chi connectivity index (χ0v) is 11.8. The highest BCUT2D eigenvalue weighted by Gasteiger charge is 2.41. The first-order valence-electron chi connectivity index (χ1n) is 6.84. The molecule has 5 nitrogen and oxygen atoms in total. The van der Waals surface area contributed by atoms with Crippen LogP contribution in [-0.2, 0) is 14.3 Å². The summed E-state index contributed by atoms with van der Waals surface area (Å²) in [6, 6.07) is 7.05. The molecule has 0 bridgehead atoms. The van der Waals surface area contributed by atoms with Crippen molar-refractivity contribution < 1.29 is 14.3 Å². The average Bonchev–Trinajstić information content (AvgIpc) is 2.84. The highest BCUT2D eigenvalue weighted by atomic mass is 16.5. The van der Waals surface area contributed by atoms with Gasteiger partial charge >= 0.3 is 5.97 Å². The van der Waals surface area contributed by atoms with Crippen LogP contribution in [0.4, 0.5) is 5.69 Å². The predicted octanol–water partition coefficient (Wildman–Crippen LogP) is 1.74. The first-order chi connectivity index (χ1) is 9.54. The predicted molar refractivity (Wildman–Crippen MR) is 75.7 cm³/mol. The van der Waals surface area contributed by atoms with Crippen LogP contribution in [0.15, 0.2) is 24.3 Å². The highest BCUT2D eigenvalue weighted by Crippen LogP contribution is 2.38. The number of rotatable bonds is 3. The summed E-state index contributed by atoms with van der Waals surface area (Å²) in [4.78, 5) is 25.6. The molecule has 1 amide bonds. The molecule has 0 aromatic heterocycles. The normalized spacial score (nSPS) is 21.8. The molecule has 1 heterocycles. The molecule has 2 rings (SSSR count). The Labute approximate surface area is 118 Å². The number of benzene rings is 1. The topological polar surface area (TPSA) is 72.6 Å². The zero-order valence-electron chi connectivity index (χ0n) is 11.8. The first-order valence-corrected chi connectivity index (χ1v) is 6.84. The van der Waals surface area contributed by atoms with Crippen LogP contribution in [0.25, 0.3) is 0 Å². The Bertz CT molecular complexity index is 498. The first kappa shape index (κ1) is 14.4. The van der Waals surface area contributed by atoms with Crippen molar-refractivity contribution in [1.82, 2.24) is 4.90 Å². The number of nitrogen functional groups attached to an aromatic ring is 1. The number of anilines is 1. The van der Waals surface area contributed by atoms with Crippen LogP contribution in [0.1, 0.15) is 31.9 Å². The van der Waals surface area contributed by atoms with Crippen molar-refractivity contribution in [1.29, 1.82) is 0 Å². The second-order valence-electron chi connectivity index (χ2n) is 4.97. The minimum atomic E-state index is -0.303. The van der Waals surface area contributed by atoms with E-state index < -0.39 is 0 Å². The van der Waals surface area contributed by atoms with E-state index in [1.54, 1.807) is 24.0 Å². The third kappa shape index (κ3) is 2.76. The van der Waals surface area contributed by atoms with E-state index in [0.29, 0.717) is 25.3 Å². The van der Waals surface area contributed by atoms with Gasteiger partial charge in [0.15, 0.2) is 0 Å². The average molecular weight is 276 g/mol. The number of amides is 1. The van der Waals surface area contributed by atoms with E-state index in [9.17, 15) is 9.59 Å². The van der Waals surface area contributed by atoms with Gasteiger partial charge in [-0.05, 0) is 31.0 Å². The number of likely N-dealkylation sites (tertiary alicyclic amines) is 1. The standard InChI is InChI=1S/C15H20N2O3/c1-3-20-15(19)13-8-9-17(10(2)18)14(13)11-4-6-12(16)7-5-11/h4-7,13-14H,3,8-9,16H2,1-2H3. The van der Waals surface area contributed by atoms with E-state index >= 15 is 0 Å². The quantitative estimate of drug-likeness (QED) is 0.674. The molecule has 1 aromatic carbocycles. The number of hydrogen-bond donors (Lipinski definition) is 1. The second kappa shape index (κ2) is 5.94. The van der Waals surface area contributed by atoms with E-state index in [-0.39, 0.29) is 23.8 Å². The van der Waals surface area contributed by atoms with Gasteiger partial charge in [-0.3, -0.25) is 9.59 Å². The molecule has 2 N–H and O–H groups in total. The molecule has 1 aliphatic heterocycles. The maximum absolute atomic E-state index is 12.1. The molecular formula is C15H20N2O3. The third-order valence-electron chi connectivity index (χ3n) is 3.67. The van der Waals surface area contributed by atoms with Gasteiger partial charge in [-0.1, -0.05) is 12.1 Å². The number of carbonyl (C=O) groups is 2. The minimum Gasteiger partial charge on any atom is -0.466 e. The van der Waals surface area contributed by atoms with E-state index in [4.69, 9.17) is 10.5 Å². The maximum Gasteiger partial charge on any atom is 0.311 e. The smallest absolute Gasteiger partial charge is 0.311 e. The summed E-state index contributed by atoms with van der Waals surface area (Å²) in [5, 5.41) is 0. The van der Waals surface area contributed by atoms with Gasteiger partial charge in [0.2, 0.25) is 5.91 Å². The van der Waals surface area contributed by atoms with Crippen molar-refractivity contribution in [2.75, 3.05) is 18.9 Å². The maximum atomic E-state index is 12.1. The Morgan fingerprint density at radius 1 is 1.35 bits per heavy atom. The van der Waals surface area contributed by atoms with Crippen molar-refractivity contribution in [3.63, 3.8) is 0 Å². The van der Waals surface area contributed by atoms with E-state index in [0.717, 1.165) is 5.56 Å². The molecule has 1 fully saturated rings. The Kier molecular flexibility index (Phi) is 4.27. The lowest BCUT2D eigenvalue weighted by Gasteiger charge is -2.27. The van der Waals surface area contributed by atoms with E-state index in [1.807, 2.05) is 12.1 Å². The van der Waals surface area contributed by atoms with Gasteiger partial charge in [-0.25, -0.2) is 0 Å². The number of nitrogens with zero attached hydrogens (tertiary/aromatic N) is 1. The summed E-state index contributed by atoms with van der Waals surface area (Å²) in [6.07, 6.45) is 0.632. The summed E-state index contributed by atoms with van der Waals surface area (Å²) in [5.74, 6) is -0.570. The van der Waals surface area contributed by atoms with Crippen LogP contribution < -0.4 is 5.73 Å². The van der Waals surface area contributed by atoms with Gasteiger partial charge < -0.3 is 15.4 Å². The van der Waals surface area contributed by atoms with E-state index in [1.165, 1.54) is 6.92 Å². The fourth-order valence-electron chi connectivity index (χ4n) is 2.75. The van der Waals surface area contributed by atoms with Crippen LogP contribution >= 0.6 is 0 Å². The Morgan fingerprint density at radius 2 is 2.00 bits per heavy atom. The largest absolute Gasteiger partial charge is 0.466 e. The van der Waals surface area contributed by atoms with Crippen molar-refractivity contribution >= 4 is 17.6 Å². The van der Waals surface area contributed by atoms with Crippen LogP contribution in [-0.4, -0.2) is 29.9 Å². The molecule has 1 aromatic rings. The van der Waals surface area contributed by atoms with Crippen molar-refractivity contribution in [2.24, 2.45) is 5.92 Å². The summed E-state index contributed by atoms with van der Waals surface area (Å²) in [7, 11) is 0. The number of carbonyl (C=O) groups excluding carboxylic acids is 2. The van der Waals surface area contributed by atoms with Crippen molar-refractivity contribution in [3.05, 3.63) is 29.8 Å². The molecule has 0 radical (unpaired) electrons. The molecular weight excluding hydrogens is 256 g/mol. The van der Waals surface area contributed by atoms with Gasteiger partial charge in [-0.2, -0.15) is 0 Å². The lowest BCUT2D eigenvalue weighted by Crippen LogP contribution is -2.32. The van der Waals surface area contributed by atoms with Crippen molar-refractivity contribution in [3.8, 4) is 0 Å². The highest BCUT2D eigenvalue weighted by molar-refractivity contribution is 5.79. The SMILES string of the molecule is CCOC(=O)C1CCN(C(C)=O)C1c1ccc(N)cc1. The summed E-state index contributed by atoms with van der Waals surface area (Å²) in [6.45, 7) is 4.24. The lowest BCUT2D eigenvalue weighted by molar-refractivity contribution is -0.149. The van der Waals surface area contributed by atoms with Crippen molar-refractivity contribution in [2.45, 2.75) is 26.3 Å². The van der Waals surface area contributed by atoms with Crippen LogP contribution in [0.5, 0.6) is 0 Å². The molecule has 0 spiro atoms. The Hall–Kier alpha value is -2.04. The summed E-state index contributed by atoms with van der Waals surface area (Å²) >= 11 is 0. The van der Waals surface area contributed by atoms with Gasteiger partial charge in [0.1, 0.15) is 0 Å². The third-order valence-corrected chi connectivity index (χ3v) is 3.67. The summed E-state index contributed by atoms with van der Waals surface area (Å²) in [5.41, 5.74) is 7.27. The summed E-state index contributed by atoms with van der Waals surface area (Å²) < 4.78 is 5.13. The molecule has 0 aliphatic carbocycles. The molecule has 0 saturated carbocycles. The monoisotopic (exact) mass is 276 g/mol. The molecule has 20 heavy (non-hydrogen) atoms. The minimum absolute atomic E-state index is 0.0291. The molecule has 2 unspecified atom stereocenters. The van der Waals surface area contributed by atoms with Gasteiger partial charge in [0, 0.05) is 19.2 Å². The van der Waals surface area contributed by atoms with Gasteiger partial charge in [-0.15, -0.1) is 0 Å². The van der Waals surface area contributed by atoms with Gasteiger partial charge in [0.25, 0.3) is 0 Å². The number of nitrogens with two attached hydrogens (primary N) is 1. The second-order valence-corrected chi connectivity index (χ2v) is 4.97. The van der Waals surface area contributed by atoms with Crippen LogP contribution in [0, 0.1) is 5.92 Å². The fourth-order valence-corrected chi connectivity index (χ4v) is 2.75. The fraction of sp³-hybridized carbons (Fsp3) is 0.467. The van der Waals surface area contributed by atoms with Crippen LogP contribution in [0.3, 0.4) is 0 Å². The van der Waals surface area contributed by atoms with E-state index in [2.05, 4.69) is 0 Å². The molecule has 5 heteroatoms. The molecule has 108 valence electrons. The van der Waals surface area contributed by atoms with Crippen LogP contribution in [0.2, 0.25) is 0 Å². The molecule has 1 aliphatic rings. The number of esters is 1. The Balaban J connectivity index is 2.31. The Morgan fingerprint density at radius 3 is 2.55 bits per heavy atom. The number of hydrogen-bond acceptors (Lipinski definition) is 4. The van der Waals surface area contributed by atoms with Gasteiger partial charge in [0.05, 0.1) is 18.6 Å². The number of ether oxygens (including phenoxy) is 1. The molecule has 1 saturated heterocycles. The zero-order chi connectivity index (χ0) is 14.7. The molecule has 2 atom stereocenters.